The second kappa shape index (κ2) is 10.7. The van der Waals surface area contributed by atoms with Crippen LogP contribution in [0.5, 0.6) is 0 Å². The van der Waals surface area contributed by atoms with Crippen molar-refractivity contribution in [2.75, 3.05) is 51.0 Å². The van der Waals surface area contributed by atoms with Gasteiger partial charge in [0, 0.05) is 38.3 Å². The van der Waals surface area contributed by atoms with Crippen molar-refractivity contribution < 1.29 is 13.2 Å². The van der Waals surface area contributed by atoms with Crippen molar-refractivity contribution in [3.63, 3.8) is 0 Å². The van der Waals surface area contributed by atoms with Gasteiger partial charge in [-0.1, -0.05) is 23.7 Å². The monoisotopic (exact) mass is 478 g/mol. The Morgan fingerprint density at radius 3 is 2.53 bits per heavy atom. The van der Waals surface area contributed by atoms with Crippen LogP contribution in [-0.4, -0.2) is 70.4 Å². The molecule has 3 rings (SSSR count). The molecule has 7 nitrogen and oxygen atoms in total. The third kappa shape index (κ3) is 6.22. The lowest BCUT2D eigenvalue weighted by molar-refractivity contribution is 0.0949. The summed E-state index contributed by atoms with van der Waals surface area (Å²) in [6, 6.07) is 9.70. The van der Waals surface area contributed by atoms with Crippen LogP contribution < -0.4 is 10.0 Å². The molecule has 0 atom stereocenters. The number of amides is 1. The van der Waals surface area contributed by atoms with Gasteiger partial charge in [-0.25, -0.2) is 8.42 Å². The molecule has 0 aromatic heterocycles. The van der Waals surface area contributed by atoms with E-state index in [0.29, 0.717) is 12.2 Å². The minimum Gasteiger partial charge on any atom is -0.352 e. The molecule has 0 radical (unpaired) electrons. The smallest absolute Gasteiger partial charge is 0.263 e. The standard InChI is InChI=1S/C23H31ClN4O3S/c1-17-6-4-7-21(18(17)2)26-32(30,31)22-16-19(8-9-20(22)24)23(29)25-10-5-11-28-14-12-27(3)13-15-28/h4,6-9,16,26H,5,10-15H2,1-3H3,(H,25,29). The Kier molecular flexibility index (Phi) is 8.16. The van der Waals surface area contributed by atoms with E-state index in [2.05, 4.69) is 26.9 Å². The highest BCUT2D eigenvalue weighted by atomic mass is 35.5. The Hall–Kier alpha value is -2.13. The lowest BCUT2D eigenvalue weighted by Gasteiger charge is -2.32. The number of hydrogen-bond donors (Lipinski definition) is 2. The molecule has 1 heterocycles. The molecular formula is C23H31ClN4O3S. The summed E-state index contributed by atoms with van der Waals surface area (Å²) >= 11 is 6.19. The first kappa shape index (κ1) is 24.5. The van der Waals surface area contributed by atoms with Gasteiger partial charge in [-0.15, -0.1) is 0 Å². The maximum absolute atomic E-state index is 13.0. The molecule has 1 amide bonds. The molecule has 0 bridgehead atoms. The number of carbonyl (C=O) groups is 1. The van der Waals surface area contributed by atoms with Crippen molar-refractivity contribution >= 4 is 33.2 Å². The summed E-state index contributed by atoms with van der Waals surface area (Å²) in [5.41, 5.74) is 2.55. The first-order chi connectivity index (χ1) is 15.2. The summed E-state index contributed by atoms with van der Waals surface area (Å²) in [4.78, 5) is 17.2. The molecule has 2 aromatic carbocycles. The number of sulfonamides is 1. The Morgan fingerprint density at radius 1 is 1.09 bits per heavy atom. The number of piperazine rings is 1. The molecule has 2 aromatic rings. The van der Waals surface area contributed by atoms with E-state index in [1.165, 1.54) is 18.2 Å². The molecule has 9 heteroatoms. The highest BCUT2D eigenvalue weighted by molar-refractivity contribution is 7.92. The molecule has 0 unspecified atom stereocenters. The predicted octanol–water partition coefficient (Wildman–Crippen LogP) is 3.12. The van der Waals surface area contributed by atoms with E-state index in [1.54, 1.807) is 12.1 Å². The van der Waals surface area contributed by atoms with E-state index < -0.39 is 10.0 Å². The number of anilines is 1. The van der Waals surface area contributed by atoms with Gasteiger partial charge in [0.15, 0.2) is 0 Å². The van der Waals surface area contributed by atoms with Gasteiger partial charge < -0.3 is 15.1 Å². The van der Waals surface area contributed by atoms with Gasteiger partial charge in [0.1, 0.15) is 4.90 Å². The summed E-state index contributed by atoms with van der Waals surface area (Å²) < 4.78 is 28.6. The number of carbonyl (C=O) groups excluding carboxylic acids is 1. The summed E-state index contributed by atoms with van der Waals surface area (Å²) in [6.45, 7) is 9.40. The minimum atomic E-state index is -3.96. The summed E-state index contributed by atoms with van der Waals surface area (Å²) in [6.07, 6.45) is 0.836. The quantitative estimate of drug-likeness (QED) is 0.570. The number of likely N-dealkylation sites (N-methyl/N-ethyl adjacent to an activating group) is 1. The Labute approximate surface area is 195 Å². The number of nitrogens with one attached hydrogen (secondary N) is 2. The van der Waals surface area contributed by atoms with Gasteiger partial charge in [0.25, 0.3) is 15.9 Å². The van der Waals surface area contributed by atoms with E-state index in [4.69, 9.17) is 11.6 Å². The van der Waals surface area contributed by atoms with Crippen LogP contribution in [0.25, 0.3) is 0 Å². The first-order valence-electron chi connectivity index (χ1n) is 10.7. The fraction of sp³-hybridized carbons (Fsp3) is 0.435. The number of aryl methyl sites for hydroxylation is 1. The van der Waals surface area contributed by atoms with Gasteiger partial charge >= 0.3 is 0 Å². The molecule has 32 heavy (non-hydrogen) atoms. The minimum absolute atomic E-state index is 0.0643. The van der Waals surface area contributed by atoms with Gasteiger partial charge in [-0.2, -0.15) is 0 Å². The lowest BCUT2D eigenvalue weighted by atomic mass is 10.1. The topological polar surface area (TPSA) is 81.7 Å². The van der Waals surface area contributed by atoms with Crippen molar-refractivity contribution in [2.45, 2.75) is 25.2 Å². The summed E-state index contributed by atoms with van der Waals surface area (Å²) in [7, 11) is -1.84. The van der Waals surface area contributed by atoms with Crippen LogP contribution in [0, 0.1) is 13.8 Å². The van der Waals surface area contributed by atoms with E-state index in [0.717, 1.165) is 50.3 Å². The van der Waals surface area contributed by atoms with Crippen LogP contribution in [-0.2, 0) is 10.0 Å². The van der Waals surface area contributed by atoms with Gasteiger partial charge in [0.05, 0.1) is 10.7 Å². The molecule has 2 N–H and O–H groups in total. The number of rotatable bonds is 8. The number of benzene rings is 2. The highest BCUT2D eigenvalue weighted by Gasteiger charge is 2.21. The third-order valence-corrected chi connectivity index (χ3v) is 7.71. The van der Waals surface area contributed by atoms with E-state index in [9.17, 15) is 13.2 Å². The zero-order chi connectivity index (χ0) is 23.3. The van der Waals surface area contributed by atoms with E-state index >= 15 is 0 Å². The van der Waals surface area contributed by atoms with Crippen molar-refractivity contribution in [3.8, 4) is 0 Å². The second-order valence-electron chi connectivity index (χ2n) is 8.25. The third-order valence-electron chi connectivity index (χ3n) is 5.86. The van der Waals surface area contributed by atoms with Crippen LogP contribution in [0.4, 0.5) is 5.69 Å². The highest BCUT2D eigenvalue weighted by Crippen LogP contribution is 2.27. The largest absolute Gasteiger partial charge is 0.352 e. The molecule has 1 aliphatic heterocycles. The van der Waals surface area contributed by atoms with Crippen molar-refractivity contribution in [1.29, 1.82) is 0 Å². The van der Waals surface area contributed by atoms with Crippen LogP contribution in [0.2, 0.25) is 5.02 Å². The predicted molar refractivity (Wildman–Crippen MR) is 129 cm³/mol. The Morgan fingerprint density at radius 2 is 1.81 bits per heavy atom. The van der Waals surface area contributed by atoms with E-state index in [1.807, 2.05) is 19.9 Å². The van der Waals surface area contributed by atoms with Crippen LogP contribution in [0.15, 0.2) is 41.3 Å². The van der Waals surface area contributed by atoms with E-state index in [-0.39, 0.29) is 21.4 Å². The van der Waals surface area contributed by atoms with Crippen LogP contribution in [0.3, 0.4) is 0 Å². The summed E-state index contributed by atoms with van der Waals surface area (Å²) in [5, 5.41) is 2.94. The average molecular weight is 479 g/mol. The summed E-state index contributed by atoms with van der Waals surface area (Å²) in [5.74, 6) is -0.316. The molecular weight excluding hydrogens is 448 g/mol. The zero-order valence-corrected chi connectivity index (χ0v) is 20.4. The normalized spacial score (nSPS) is 15.5. The van der Waals surface area contributed by atoms with Crippen LogP contribution >= 0.6 is 11.6 Å². The Balaban J connectivity index is 1.62. The molecule has 1 aliphatic rings. The van der Waals surface area contributed by atoms with Crippen molar-refractivity contribution in [2.24, 2.45) is 0 Å². The van der Waals surface area contributed by atoms with Gasteiger partial charge in [-0.05, 0) is 69.3 Å². The molecule has 1 fully saturated rings. The average Bonchev–Trinajstić information content (AvgIpc) is 2.75. The zero-order valence-electron chi connectivity index (χ0n) is 18.8. The Bertz CT molecular complexity index is 1070. The van der Waals surface area contributed by atoms with Gasteiger partial charge in [-0.3, -0.25) is 9.52 Å². The maximum atomic E-state index is 13.0. The molecule has 0 saturated carbocycles. The van der Waals surface area contributed by atoms with Crippen molar-refractivity contribution in [3.05, 3.63) is 58.1 Å². The molecule has 174 valence electrons. The fourth-order valence-electron chi connectivity index (χ4n) is 3.59. The maximum Gasteiger partial charge on any atom is 0.263 e. The number of halogens is 1. The first-order valence-corrected chi connectivity index (χ1v) is 12.6. The van der Waals surface area contributed by atoms with Crippen LogP contribution in [0.1, 0.15) is 27.9 Å². The van der Waals surface area contributed by atoms with Crippen molar-refractivity contribution in [1.82, 2.24) is 15.1 Å². The SMILES string of the molecule is Cc1cccc(NS(=O)(=O)c2cc(C(=O)NCCCN3CCN(C)CC3)ccc2Cl)c1C. The molecule has 0 aliphatic carbocycles. The van der Waals surface area contributed by atoms with Gasteiger partial charge in [0.2, 0.25) is 0 Å². The second-order valence-corrected chi connectivity index (χ2v) is 10.3. The number of nitrogens with zero attached hydrogens (tertiary/aromatic N) is 2. The molecule has 0 spiro atoms. The number of hydrogen-bond acceptors (Lipinski definition) is 5. The molecule has 1 saturated heterocycles. The fourth-order valence-corrected chi connectivity index (χ4v) is 5.24. The lowest BCUT2D eigenvalue weighted by Crippen LogP contribution is -2.45.